The molecule has 2 saturated heterocycles. The van der Waals surface area contributed by atoms with E-state index in [0.717, 1.165) is 18.2 Å². The quantitative estimate of drug-likeness (QED) is 0.189. The molecule has 2 aliphatic heterocycles. The van der Waals surface area contributed by atoms with Crippen LogP contribution in [0, 0.1) is 5.82 Å². The minimum Gasteiger partial charge on any atom is -0.463 e. The maximum absolute atomic E-state index is 16.5. The predicted molar refractivity (Wildman–Crippen MR) is 160 cm³/mol. The number of nitrogens with zero attached hydrogens (tertiary/aromatic N) is 5. The number of pyridine rings is 1. The number of ether oxygens (including phenoxy) is 3. The second-order valence-corrected chi connectivity index (χ2v) is 10.7. The van der Waals surface area contributed by atoms with Gasteiger partial charge in [0.1, 0.15) is 23.6 Å². The second kappa shape index (κ2) is 12.0. The average molecular weight is 606 g/mol. The Bertz CT molecular complexity index is 1720. The molecule has 2 aromatic heterocycles. The van der Waals surface area contributed by atoms with E-state index >= 15 is 4.39 Å². The van der Waals surface area contributed by atoms with Crippen molar-refractivity contribution in [2.75, 3.05) is 37.8 Å². The van der Waals surface area contributed by atoms with E-state index in [-0.39, 0.29) is 48.6 Å². The number of carbonyl (C=O) groups is 2. The lowest BCUT2D eigenvalue weighted by Gasteiger charge is -2.41. The molecule has 2 atom stereocenters. The number of aromatic nitrogens is 3. The van der Waals surface area contributed by atoms with Gasteiger partial charge in [0.05, 0.1) is 24.1 Å². The highest BCUT2D eigenvalue weighted by Crippen LogP contribution is 2.39. The fourth-order valence-electron chi connectivity index (χ4n) is 5.91. The van der Waals surface area contributed by atoms with Gasteiger partial charge < -0.3 is 19.1 Å². The van der Waals surface area contributed by atoms with Gasteiger partial charge in [-0.1, -0.05) is 54.6 Å². The number of esters is 1. The van der Waals surface area contributed by atoms with Gasteiger partial charge in [-0.15, -0.1) is 0 Å². The molecule has 0 aliphatic carbocycles. The molecule has 2 aliphatic rings. The van der Waals surface area contributed by atoms with Crippen molar-refractivity contribution in [1.29, 1.82) is 0 Å². The van der Waals surface area contributed by atoms with Crippen LogP contribution in [0.5, 0.6) is 6.01 Å². The van der Waals surface area contributed by atoms with Crippen LogP contribution in [-0.2, 0) is 14.3 Å². The van der Waals surface area contributed by atoms with Crippen molar-refractivity contribution < 1.29 is 28.2 Å². The number of amides is 1. The topological polar surface area (TPSA) is 107 Å². The number of piperazine rings is 1. The molecule has 10 nitrogen and oxygen atoms in total. The van der Waals surface area contributed by atoms with Crippen molar-refractivity contribution in [2.45, 2.75) is 31.8 Å². The predicted octanol–water partition coefficient (Wildman–Crippen LogP) is 5.56. The lowest BCUT2D eigenvalue weighted by molar-refractivity contribution is -0.145. The number of halogens is 2. The fraction of sp³-hybridized carbons (Fsp3) is 0.323. The molecular formula is C31H29ClFN5O5. The molecule has 43 heavy (non-hydrogen) atoms. The molecule has 1 amide bonds. The highest BCUT2D eigenvalue weighted by Gasteiger charge is 2.44. The van der Waals surface area contributed by atoms with E-state index in [4.69, 9.17) is 25.8 Å². The summed E-state index contributed by atoms with van der Waals surface area (Å²) in [5.41, 5.74) is 0.571. The molecule has 2 bridgehead atoms. The van der Waals surface area contributed by atoms with E-state index in [1.54, 1.807) is 30.2 Å². The maximum Gasteiger partial charge on any atom is 0.410 e. The summed E-state index contributed by atoms with van der Waals surface area (Å²) < 4.78 is 32.4. The second-order valence-electron chi connectivity index (χ2n) is 10.3. The summed E-state index contributed by atoms with van der Waals surface area (Å²) in [6.07, 6.45) is 4.27. The van der Waals surface area contributed by atoms with Gasteiger partial charge in [-0.05, 0) is 31.2 Å². The van der Waals surface area contributed by atoms with Gasteiger partial charge in [-0.2, -0.15) is 9.97 Å². The van der Waals surface area contributed by atoms with Crippen LogP contribution in [-0.4, -0.2) is 76.9 Å². The molecule has 0 unspecified atom stereocenters. The van der Waals surface area contributed by atoms with Crippen LogP contribution in [0.3, 0.4) is 0 Å². The minimum absolute atomic E-state index is 0.0157. The normalized spacial score (nSPS) is 17.7. The zero-order valence-corrected chi connectivity index (χ0v) is 24.2. The minimum atomic E-state index is -0.677. The molecule has 222 valence electrons. The molecular weight excluding hydrogens is 577 g/mol. The van der Waals surface area contributed by atoms with Crippen molar-refractivity contribution in [2.24, 2.45) is 0 Å². The van der Waals surface area contributed by atoms with Gasteiger partial charge in [0.15, 0.2) is 12.4 Å². The van der Waals surface area contributed by atoms with Crippen LogP contribution in [0.2, 0.25) is 5.02 Å². The van der Waals surface area contributed by atoms with E-state index in [2.05, 4.69) is 21.5 Å². The lowest BCUT2D eigenvalue weighted by atomic mass is 10.0. The number of anilines is 1. The summed E-state index contributed by atoms with van der Waals surface area (Å²) in [6.45, 7) is 6.04. The molecule has 0 saturated carbocycles. The molecule has 12 heteroatoms. The summed E-state index contributed by atoms with van der Waals surface area (Å²) in [5.74, 6) is -0.878. The Morgan fingerprint density at radius 1 is 1.12 bits per heavy atom. The molecule has 0 N–H and O–H groups in total. The molecule has 0 radical (unpaired) electrons. The molecule has 2 fully saturated rings. The first-order valence-electron chi connectivity index (χ1n) is 14.0. The lowest BCUT2D eigenvalue weighted by Crippen LogP contribution is -2.56. The third kappa shape index (κ3) is 5.40. The Kier molecular flexibility index (Phi) is 7.98. The third-order valence-electron chi connectivity index (χ3n) is 7.69. The SMILES string of the molecule is C=CCOC(=O)N1[C@@H]2CC[C@H]1CN(c1nc(OCC(=O)OCC)nc3c(F)c(-c4cccc5cccc(Cl)c45)ncc13)C2. The third-order valence-corrected chi connectivity index (χ3v) is 8.01. The summed E-state index contributed by atoms with van der Waals surface area (Å²) in [4.78, 5) is 42.0. The van der Waals surface area contributed by atoms with Gasteiger partial charge in [0.25, 0.3) is 0 Å². The van der Waals surface area contributed by atoms with Crippen LogP contribution in [0.25, 0.3) is 32.9 Å². The van der Waals surface area contributed by atoms with Gasteiger partial charge in [0.2, 0.25) is 0 Å². The smallest absolute Gasteiger partial charge is 0.410 e. The van der Waals surface area contributed by atoms with Crippen LogP contribution in [0.4, 0.5) is 15.0 Å². The van der Waals surface area contributed by atoms with Gasteiger partial charge >= 0.3 is 18.1 Å². The highest BCUT2D eigenvalue weighted by atomic mass is 35.5. The summed E-state index contributed by atoms with van der Waals surface area (Å²) >= 11 is 6.54. The maximum atomic E-state index is 16.5. The van der Waals surface area contributed by atoms with Crippen molar-refractivity contribution >= 4 is 51.2 Å². The standard InChI is InChI=1S/C31H29ClFN5O5/c1-3-13-42-31(40)38-19-11-12-20(38)16-37(15-19)29-22-14-34-27(21-9-5-7-18-8-6-10-23(32)25(18)21)26(33)28(22)35-30(36-29)43-17-24(39)41-4-2/h3,5-10,14,19-20H,1,4,11-13,15-17H2,2H3/t19-,20+. The van der Waals surface area contributed by atoms with Crippen LogP contribution < -0.4 is 9.64 Å². The summed E-state index contributed by atoms with van der Waals surface area (Å²) in [5, 5.41) is 2.35. The zero-order chi connectivity index (χ0) is 30.1. The largest absolute Gasteiger partial charge is 0.463 e. The van der Waals surface area contributed by atoms with Crippen LogP contribution in [0.15, 0.2) is 55.3 Å². The van der Waals surface area contributed by atoms with Crippen molar-refractivity contribution in [3.05, 3.63) is 66.1 Å². The number of benzene rings is 2. The number of hydrogen-bond donors (Lipinski definition) is 0. The van der Waals surface area contributed by atoms with Gasteiger partial charge in [0, 0.05) is 35.3 Å². The van der Waals surface area contributed by atoms with E-state index in [1.165, 1.54) is 6.08 Å². The highest BCUT2D eigenvalue weighted by molar-refractivity contribution is 6.36. The number of carbonyl (C=O) groups excluding carboxylic acids is 2. The van der Waals surface area contributed by atoms with E-state index < -0.39 is 18.4 Å². The zero-order valence-electron chi connectivity index (χ0n) is 23.5. The van der Waals surface area contributed by atoms with Gasteiger partial charge in [-0.3, -0.25) is 9.88 Å². The molecule has 4 heterocycles. The number of hydrogen-bond acceptors (Lipinski definition) is 9. The summed E-state index contributed by atoms with van der Waals surface area (Å²) in [7, 11) is 0. The van der Waals surface area contributed by atoms with Crippen molar-refractivity contribution in [3.63, 3.8) is 0 Å². The Morgan fingerprint density at radius 3 is 2.58 bits per heavy atom. The van der Waals surface area contributed by atoms with E-state index in [0.29, 0.717) is 40.3 Å². The first-order valence-corrected chi connectivity index (χ1v) is 14.4. The Morgan fingerprint density at radius 2 is 1.86 bits per heavy atom. The van der Waals surface area contributed by atoms with Crippen molar-refractivity contribution in [1.82, 2.24) is 19.9 Å². The molecule has 2 aromatic carbocycles. The Balaban J connectivity index is 1.43. The monoisotopic (exact) mass is 605 g/mol. The first kappa shape index (κ1) is 28.6. The number of rotatable bonds is 8. The average Bonchev–Trinajstić information content (AvgIpc) is 3.28. The molecule has 0 spiro atoms. The molecule has 6 rings (SSSR count). The van der Waals surface area contributed by atoms with E-state index in [9.17, 15) is 9.59 Å². The van der Waals surface area contributed by atoms with Crippen LogP contribution in [0.1, 0.15) is 19.8 Å². The summed E-state index contributed by atoms with van der Waals surface area (Å²) in [6, 6.07) is 10.5. The Labute approximate surface area is 252 Å². The first-order chi connectivity index (χ1) is 20.9. The van der Waals surface area contributed by atoms with Crippen LogP contribution >= 0.6 is 11.6 Å². The van der Waals surface area contributed by atoms with Crippen molar-refractivity contribution in [3.8, 4) is 17.3 Å². The van der Waals surface area contributed by atoms with E-state index in [1.807, 2.05) is 29.2 Å². The Hall–Kier alpha value is -4.51. The number of fused-ring (bicyclic) bond motifs is 4. The van der Waals surface area contributed by atoms with Gasteiger partial charge in [-0.25, -0.2) is 14.0 Å². The fourth-order valence-corrected chi connectivity index (χ4v) is 6.20. The molecule has 4 aromatic rings.